The van der Waals surface area contributed by atoms with Crippen molar-refractivity contribution >= 4 is 11.9 Å². The van der Waals surface area contributed by atoms with Crippen LogP contribution in [0.5, 0.6) is 0 Å². The highest BCUT2D eigenvalue weighted by Crippen LogP contribution is 2.08. The Morgan fingerprint density at radius 3 is 0.906 bits per heavy atom. The van der Waals surface area contributed by atoms with E-state index in [1.54, 1.807) is 0 Å². The zero-order valence-electron chi connectivity index (χ0n) is 32.9. The molecule has 0 aliphatic carbocycles. The number of unbranched alkanes of at least 4 members (excludes halogenated alkanes) is 8. The highest BCUT2D eigenvalue weighted by atomic mass is 16.6. The van der Waals surface area contributed by atoms with Crippen molar-refractivity contribution in [2.75, 3.05) is 152 Å². The Balaban J connectivity index is 3.09. The minimum Gasteiger partial charge on any atom is -0.481 e. The lowest BCUT2D eigenvalue weighted by atomic mass is 10.1. The Labute approximate surface area is 319 Å². The minimum absolute atomic E-state index is 0.0607. The van der Waals surface area contributed by atoms with E-state index in [1.165, 1.54) is 44.9 Å². The van der Waals surface area contributed by atoms with Crippen LogP contribution in [0.3, 0.4) is 0 Å². The lowest BCUT2D eigenvalue weighted by Crippen LogP contribution is -2.15. The molecule has 0 bridgehead atoms. The van der Waals surface area contributed by atoms with E-state index in [9.17, 15) is 9.59 Å². The van der Waals surface area contributed by atoms with Crippen LogP contribution < -0.4 is 0 Å². The van der Waals surface area contributed by atoms with Gasteiger partial charge in [0.1, 0.15) is 6.61 Å². The maximum atomic E-state index is 11.5. The number of carbonyl (C=O) groups is 2. The van der Waals surface area contributed by atoms with E-state index >= 15 is 0 Å². The molecular formula is C38H74O15. The first-order chi connectivity index (χ1) is 26.2. The highest BCUT2D eigenvalue weighted by Gasteiger charge is 2.04. The molecule has 0 radical (unpaired) electrons. The number of carboxylic acids is 1. The number of carboxylic acid groups (broad SMARTS) is 1. The quantitative estimate of drug-likeness (QED) is 0.0679. The lowest BCUT2D eigenvalue weighted by Gasteiger charge is -2.09. The van der Waals surface area contributed by atoms with Gasteiger partial charge >= 0.3 is 11.9 Å². The smallest absolute Gasteiger partial charge is 0.305 e. The topological polar surface area (TPSA) is 165 Å². The maximum Gasteiger partial charge on any atom is 0.305 e. The van der Waals surface area contributed by atoms with Crippen LogP contribution in [0.4, 0.5) is 0 Å². The van der Waals surface area contributed by atoms with E-state index in [4.69, 9.17) is 61.9 Å². The zero-order chi connectivity index (χ0) is 38.4. The second-order valence-corrected chi connectivity index (χ2v) is 12.0. The number of esters is 1. The largest absolute Gasteiger partial charge is 0.481 e. The maximum absolute atomic E-state index is 11.5. The summed E-state index contributed by atoms with van der Waals surface area (Å²) in [4.78, 5) is 21.9. The summed E-state index contributed by atoms with van der Waals surface area (Å²) in [6.07, 6.45) is 11.7. The van der Waals surface area contributed by atoms with E-state index in [0.29, 0.717) is 145 Å². The van der Waals surface area contributed by atoms with Crippen LogP contribution in [-0.4, -0.2) is 169 Å². The second-order valence-electron chi connectivity index (χ2n) is 12.0. The fourth-order valence-electron chi connectivity index (χ4n) is 4.47. The fourth-order valence-corrected chi connectivity index (χ4v) is 4.47. The molecule has 0 saturated carbocycles. The lowest BCUT2D eigenvalue weighted by molar-refractivity contribution is -0.146. The van der Waals surface area contributed by atoms with Crippen LogP contribution in [0.25, 0.3) is 0 Å². The SMILES string of the molecule is CCCCCCCCCCOCCOCCOCCOCCOCCOCCOCCOCCOCCOCCOCCOC(=O)CCCCC(=O)O. The van der Waals surface area contributed by atoms with Crippen LogP contribution in [-0.2, 0) is 66.4 Å². The number of aliphatic carboxylic acids is 1. The van der Waals surface area contributed by atoms with Gasteiger partial charge in [0.2, 0.25) is 0 Å². The molecule has 0 aliphatic heterocycles. The summed E-state index contributed by atoms with van der Waals surface area (Å²) in [7, 11) is 0. The molecule has 0 amide bonds. The molecule has 1 N–H and O–H groups in total. The number of hydrogen-bond acceptors (Lipinski definition) is 14. The summed E-state index contributed by atoms with van der Waals surface area (Å²) < 4.78 is 65.3. The number of hydrogen-bond donors (Lipinski definition) is 1. The summed E-state index contributed by atoms with van der Waals surface area (Å²) in [5.74, 6) is -1.21. The molecule has 316 valence electrons. The van der Waals surface area contributed by atoms with Crippen molar-refractivity contribution < 1.29 is 71.5 Å². The third-order valence-electron chi connectivity index (χ3n) is 7.37. The Morgan fingerprint density at radius 1 is 0.321 bits per heavy atom. The molecule has 0 rings (SSSR count). The predicted molar refractivity (Wildman–Crippen MR) is 199 cm³/mol. The molecule has 15 nitrogen and oxygen atoms in total. The number of carbonyl (C=O) groups excluding carboxylic acids is 1. The second kappa shape index (κ2) is 46.7. The Morgan fingerprint density at radius 2 is 0.585 bits per heavy atom. The van der Waals surface area contributed by atoms with Gasteiger partial charge in [-0.1, -0.05) is 51.9 Å². The van der Waals surface area contributed by atoms with Crippen molar-refractivity contribution in [1.82, 2.24) is 0 Å². The van der Waals surface area contributed by atoms with Crippen LogP contribution >= 0.6 is 0 Å². The summed E-state index contributed by atoms with van der Waals surface area (Å²) in [6.45, 7) is 13.5. The molecule has 0 saturated heterocycles. The third kappa shape index (κ3) is 48.5. The van der Waals surface area contributed by atoms with Crippen molar-refractivity contribution in [1.29, 1.82) is 0 Å². The van der Waals surface area contributed by atoms with E-state index in [1.807, 2.05) is 0 Å². The molecule has 0 aromatic rings. The van der Waals surface area contributed by atoms with Gasteiger partial charge in [0.25, 0.3) is 0 Å². The first-order valence-corrected chi connectivity index (χ1v) is 19.9. The third-order valence-corrected chi connectivity index (χ3v) is 7.37. The van der Waals surface area contributed by atoms with Crippen molar-refractivity contribution in [3.63, 3.8) is 0 Å². The molecule has 0 atom stereocenters. The van der Waals surface area contributed by atoms with Gasteiger partial charge in [-0.15, -0.1) is 0 Å². The van der Waals surface area contributed by atoms with Gasteiger partial charge in [0.15, 0.2) is 0 Å². The molecule has 0 spiro atoms. The molecule has 0 aliphatic rings. The monoisotopic (exact) mass is 771 g/mol. The minimum atomic E-state index is -0.862. The number of ether oxygens (including phenoxy) is 12. The van der Waals surface area contributed by atoms with Gasteiger partial charge in [0, 0.05) is 19.4 Å². The van der Waals surface area contributed by atoms with Crippen LogP contribution in [0.2, 0.25) is 0 Å². The summed E-state index contributed by atoms with van der Waals surface area (Å²) in [6, 6.07) is 0. The van der Waals surface area contributed by atoms with Crippen LogP contribution in [0.1, 0.15) is 84.0 Å². The van der Waals surface area contributed by atoms with Crippen LogP contribution in [0.15, 0.2) is 0 Å². The van der Waals surface area contributed by atoms with Gasteiger partial charge in [-0.2, -0.15) is 0 Å². The van der Waals surface area contributed by atoms with Gasteiger partial charge < -0.3 is 61.9 Å². The summed E-state index contributed by atoms with van der Waals surface area (Å²) in [5, 5.41) is 8.56. The molecule has 0 fully saturated rings. The first-order valence-electron chi connectivity index (χ1n) is 19.9. The Kier molecular flexibility index (Phi) is 45.3. The van der Waals surface area contributed by atoms with Gasteiger partial charge in [0.05, 0.1) is 139 Å². The molecule has 0 aromatic heterocycles. The van der Waals surface area contributed by atoms with E-state index in [0.717, 1.165) is 13.0 Å². The standard InChI is InChI=1S/C38H74O15/c1-2-3-4-5-6-7-8-11-14-42-15-16-43-17-18-44-19-20-45-21-22-46-23-24-47-25-26-48-27-28-49-29-30-50-31-32-51-33-34-52-35-36-53-38(41)13-10-9-12-37(39)40/h2-36H2,1H3,(H,39,40). The van der Waals surface area contributed by atoms with Gasteiger partial charge in [-0.05, 0) is 19.3 Å². The van der Waals surface area contributed by atoms with Crippen molar-refractivity contribution in [2.24, 2.45) is 0 Å². The zero-order valence-corrected chi connectivity index (χ0v) is 32.9. The number of rotatable bonds is 47. The van der Waals surface area contributed by atoms with E-state index in [-0.39, 0.29) is 32.0 Å². The molecule has 53 heavy (non-hydrogen) atoms. The molecule has 0 aromatic carbocycles. The first kappa shape index (κ1) is 51.5. The summed E-state index contributed by atoms with van der Waals surface area (Å²) >= 11 is 0. The highest BCUT2D eigenvalue weighted by molar-refractivity contribution is 5.69. The molecule has 0 heterocycles. The van der Waals surface area contributed by atoms with Gasteiger partial charge in [-0.3, -0.25) is 9.59 Å². The average molecular weight is 771 g/mol. The fraction of sp³-hybridized carbons (Fsp3) is 0.947. The Hall–Kier alpha value is -1.50. The van der Waals surface area contributed by atoms with Crippen LogP contribution in [0, 0.1) is 0 Å². The van der Waals surface area contributed by atoms with Crippen molar-refractivity contribution in [3.05, 3.63) is 0 Å². The van der Waals surface area contributed by atoms with Crippen molar-refractivity contribution in [3.8, 4) is 0 Å². The molecular weight excluding hydrogens is 696 g/mol. The molecule has 15 heteroatoms. The van der Waals surface area contributed by atoms with Crippen molar-refractivity contribution in [2.45, 2.75) is 84.0 Å². The normalized spacial score (nSPS) is 11.4. The van der Waals surface area contributed by atoms with E-state index in [2.05, 4.69) is 6.92 Å². The predicted octanol–water partition coefficient (Wildman–Crippen LogP) is 4.50. The summed E-state index contributed by atoms with van der Waals surface area (Å²) in [5.41, 5.74) is 0. The van der Waals surface area contributed by atoms with E-state index < -0.39 is 5.97 Å². The van der Waals surface area contributed by atoms with Gasteiger partial charge in [-0.25, -0.2) is 0 Å². The Bertz CT molecular complexity index is 732. The average Bonchev–Trinajstić information content (AvgIpc) is 3.15. The molecule has 0 unspecified atom stereocenters.